The molecule has 1 aromatic carbocycles. The number of rotatable bonds is 5. The van der Waals surface area contributed by atoms with Crippen LogP contribution in [0.4, 0.5) is 4.39 Å². The smallest absolute Gasteiger partial charge is 0.165 e. The van der Waals surface area contributed by atoms with Gasteiger partial charge < -0.3 is 15.2 Å². The number of nitrogens with two attached hydrogens (primary N) is 1. The largest absolute Gasteiger partial charge is 0.494 e. The lowest BCUT2D eigenvalue weighted by Gasteiger charge is -2.27. The van der Waals surface area contributed by atoms with Gasteiger partial charge in [0.15, 0.2) is 11.6 Å². The average Bonchev–Trinajstić information content (AvgIpc) is 2.26. The van der Waals surface area contributed by atoms with Crippen molar-refractivity contribution in [2.75, 3.05) is 13.7 Å². The molecule has 0 amide bonds. The number of methoxy groups -OCH3 is 1. The third kappa shape index (κ3) is 2.96. The molecule has 0 saturated heterocycles. The highest BCUT2D eigenvalue weighted by Crippen LogP contribution is 2.25. The minimum atomic E-state index is -0.385. The van der Waals surface area contributed by atoms with Crippen molar-refractivity contribution in [3.05, 3.63) is 29.6 Å². The van der Waals surface area contributed by atoms with Gasteiger partial charge in [-0.3, -0.25) is 0 Å². The zero-order chi connectivity index (χ0) is 12.3. The highest BCUT2D eigenvalue weighted by Gasteiger charge is 2.19. The molecule has 1 saturated carbocycles. The standard InChI is InChI=1S/C13H18FNO2/c1-16-13-6-5-9(7-11(13)14)12(15)8-17-10-3-2-4-10/h5-7,10,12H,2-4,8,15H2,1H3. The Kier molecular flexibility index (Phi) is 3.97. The van der Waals surface area contributed by atoms with E-state index in [-0.39, 0.29) is 17.6 Å². The van der Waals surface area contributed by atoms with Crippen molar-refractivity contribution in [3.63, 3.8) is 0 Å². The van der Waals surface area contributed by atoms with Crippen LogP contribution in [0.3, 0.4) is 0 Å². The van der Waals surface area contributed by atoms with E-state index < -0.39 is 0 Å². The van der Waals surface area contributed by atoms with Gasteiger partial charge in [-0.2, -0.15) is 0 Å². The molecular weight excluding hydrogens is 221 g/mol. The summed E-state index contributed by atoms with van der Waals surface area (Å²) in [6.07, 6.45) is 3.81. The van der Waals surface area contributed by atoms with Gasteiger partial charge in [0.2, 0.25) is 0 Å². The van der Waals surface area contributed by atoms with Gasteiger partial charge in [-0.15, -0.1) is 0 Å². The Morgan fingerprint density at radius 3 is 2.76 bits per heavy atom. The predicted octanol–water partition coefficient (Wildman–Crippen LogP) is 2.40. The van der Waals surface area contributed by atoms with Crippen LogP contribution in [0.15, 0.2) is 18.2 Å². The third-order valence-corrected chi connectivity index (χ3v) is 3.17. The first-order valence-electron chi connectivity index (χ1n) is 5.91. The van der Waals surface area contributed by atoms with Crippen LogP contribution in [0.1, 0.15) is 30.9 Å². The first-order chi connectivity index (χ1) is 8.20. The Morgan fingerprint density at radius 1 is 1.47 bits per heavy atom. The van der Waals surface area contributed by atoms with E-state index in [9.17, 15) is 4.39 Å². The highest BCUT2D eigenvalue weighted by atomic mass is 19.1. The molecule has 0 radical (unpaired) electrons. The molecule has 4 heteroatoms. The highest BCUT2D eigenvalue weighted by molar-refractivity contribution is 5.30. The zero-order valence-corrected chi connectivity index (χ0v) is 9.99. The van der Waals surface area contributed by atoms with Crippen LogP contribution in [-0.2, 0) is 4.74 Å². The van der Waals surface area contributed by atoms with Crippen LogP contribution >= 0.6 is 0 Å². The van der Waals surface area contributed by atoms with Crippen LogP contribution in [0.5, 0.6) is 5.75 Å². The summed E-state index contributed by atoms with van der Waals surface area (Å²) >= 11 is 0. The van der Waals surface area contributed by atoms with Crippen molar-refractivity contribution in [1.82, 2.24) is 0 Å². The fourth-order valence-corrected chi connectivity index (χ4v) is 1.79. The Bertz CT molecular complexity index is 380. The average molecular weight is 239 g/mol. The normalized spacial score (nSPS) is 17.6. The molecule has 1 aromatic rings. The van der Waals surface area contributed by atoms with Gasteiger partial charge in [-0.1, -0.05) is 6.07 Å². The molecule has 1 fully saturated rings. The number of hydrogen-bond acceptors (Lipinski definition) is 3. The van der Waals surface area contributed by atoms with E-state index in [2.05, 4.69) is 0 Å². The molecule has 0 bridgehead atoms. The molecule has 1 aliphatic carbocycles. The van der Waals surface area contributed by atoms with Crippen molar-refractivity contribution in [2.45, 2.75) is 31.4 Å². The molecule has 2 N–H and O–H groups in total. The second kappa shape index (κ2) is 5.47. The Balaban J connectivity index is 1.93. The maximum Gasteiger partial charge on any atom is 0.165 e. The maximum absolute atomic E-state index is 13.5. The van der Waals surface area contributed by atoms with Crippen molar-refractivity contribution in [2.24, 2.45) is 5.73 Å². The third-order valence-electron chi connectivity index (χ3n) is 3.17. The lowest BCUT2D eigenvalue weighted by Crippen LogP contribution is -2.26. The van der Waals surface area contributed by atoms with Crippen molar-refractivity contribution >= 4 is 0 Å². The van der Waals surface area contributed by atoms with Crippen LogP contribution in [0.2, 0.25) is 0 Å². The van der Waals surface area contributed by atoms with E-state index in [1.807, 2.05) is 0 Å². The summed E-state index contributed by atoms with van der Waals surface area (Å²) in [5.41, 5.74) is 6.69. The van der Waals surface area contributed by atoms with Crippen molar-refractivity contribution < 1.29 is 13.9 Å². The summed E-state index contributed by atoms with van der Waals surface area (Å²) in [7, 11) is 1.44. The Labute approximate surface area is 101 Å². The van der Waals surface area contributed by atoms with E-state index >= 15 is 0 Å². The molecule has 2 rings (SSSR count). The minimum Gasteiger partial charge on any atom is -0.494 e. The number of benzene rings is 1. The van der Waals surface area contributed by atoms with Crippen molar-refractivity contribution in [1.29, 1.82) is 0 Å². The summed E-state index contributed by atoms with van der Waals surface area (Å²) in [5, 5.41) is 0. The van der Waals surface area contributed by atoms with Gasteiger partial charge in [0.1, 0.15) is 0 Å². The minimum absolute atomic E-state index is 0.237. The quantitative estimate of drug-likeness (QED) is 0.858. The fraction of sp³-hybridized carbons (Fsp3) is 0.538. The molecule has 0 aromatic heterocycles. The van der Waals surface area contributed by atoms with Gasteiger partial charge in [0.05, 0.1) is 25.9 Å². The Hall–Kier alpha value is -1.13. The first-order valence-corrected chi connectivity index (χ1v) is 5.91. The van der Waals surface area contributed by atoms with Gasteiger partial charge in [0.25, 0.3) is 0 Å². The molecule has 17 heavy (non-hydrogen) atoms. The van der Waals surface area contributed by atoms with E-state index in [1.54, 1.807) is 12.1 Å². The predicted molar refractivity (Wildman–Crippen MR) is 63.5 cm³/mol. The number of halogens is 1. The summed E-state index contributed by atoms with van der Waals surface area (Å²) in [6.45, 7) is 0.441. The topological polar surface area (TPSA) is 44.5 Å². The molecule has 0 spiro atoms. The molecular formula is C13H18FNO2. The Morgan fingerprint density at radius 2 is 2.24 bits per heavy atom. The summed E-state index contributed by atoms with van der Waals surface area (Å²) in [6, 6.07) is 4.49. The van der Waals surface area contributed by atoms with Gasteiger partial charge in [-0.25, -0.2) is 4.39 Å². The number of hydrogen-bond donors (Lipinski definition) is 1. The lowest BCUT2D eigenvalue weighted by molar-refractivity contribution is -0.00448. The molecule has 94 valence electrons. The van der Waals surface area contributed by atoms with E-state index in [0.29, 0.717) is 12.7 Å². The van der Waals surface area contributed by atoms with E-state index in [4.69, 9.17) is 15.2 Å². The second-order valence-electron chi connectivity index (χ2n) is 4.39. The molecule has 1 atom stereocenters. The monoisotopic (exact) mass is 239 g/mol. The second-order valence-corrected chi connectivity index (χ2v) is 4.39. The van der Waals surface area contributed by atoms with Crippen LogP contribution in [0, 0.1) is 5.82 Å². The van der Waals surface area contributed by atoms with Gasteiger partial charge >= 0.3 is 0 Å². The van der Waals surface area contributed by atoms with Crippen molar-refractivity contribution in [3.8, 4) is 5.75 Å². The van der Waals surface area contributed by atoms with Crippen LogP contribution in [-0.4, -0.2) is 19.8 Å². The van der Waals surface area contributed by atoms with Gasteiger partial charge in [0, 0.05) is 0 Å². The van der Waals surface area contributed by atoms with Crippen LogP contribution in [0.25, 0.3) is 0 Å². The summed E-state index contributed by atoms with van der Waals surface area (Å²) in [5.74, 6) is -0.148. The molecule has 3 nitrogen and oxygen atoms in total. The fourth-order valence-electron chi connectivity index (χ4n) is 1.79. The van der Waals surface area contributed by atoms with Crippen LogP contribution < -0.4 is 10.5 Å². The first kappa shape index (κ1) is 12.3. The maximum atomic E-state index is 13.5. The molecule has 1 unspecified atom stereocenters. The number of ether oxygens (including phenoxy) is 2. The molecule has 0 heterocycles. The SMILES string of the molecule is COc1ccc(C(N)COC2CCC2)cc1F. The molecule has 0 aliphatic heterocycles. The van der Waals surface area contributed by atoms with Gasteiger partial charge in [-0.05, 0) is 37.0 Å². The summed E-state index contributed by atoms with van der Waals surface area (Å²) < 4.78 is 23.9. The molecule has 1 aliphatic rings. The summed E-state index contributed by atoms with van der Waals surface area (Å²) in [4.78, 5) is 0. The van der Waals surface area contributed by atoms with E-state index in [0.717, 1.165) is 18.4 Å². The van der Waals surface area contributed by atoms with E-state index in [1.165, 1.54) is 19.6 Å². The lowest BCUT2D eigenvalue weighted by atomic mass is 9.96. The zero-order valence-electron chi connectivity index (χ0n) is 9.99.